The Hall–Kier alpha value is -3.08. The molecule has 2 aromatic carbocycles. The van der Waals surface area contributed by atoms with Crippen molar-refractivity contribution < 1.29 is 4.79 Å². The molecule has 27 heavy (non-hydrogen) atoms. The Kier molecular flexibility index (Phi) is 4.92. The summed E-state index contributed by atoms with van der Waals surface area (Å²) in [5.41, 5.74) is 10.1. The lowest BCUT2D eigenvalue weighted by molar-refractivity contribution is 0.248. The second-order valence-corrected chi connectivity index (χ2v) is 6.99. The number of nitrogens with one attached hydrogen (secondary N) is 1. The summed E-state index contributed by atoms with van der Waals surface area (Å²) in [5, 5.41) is 7.95. The summed E-state index contributed by atoms with van der Waals surface area (Å²) in [6.45, 7) is 0.839. The Balaban J connectivity index is 1.77. The van der Waals surface area contributed by atoms with Gasteiger partial charge in [0, 0.05) is 24.4 Å². The summed E-state index contributed by atoms with van der Waals surface area (Å²) in [4.78, 5) is 11.9. The van der Waals surface area contributed by atoms with E-state index in [-0.39, 0.29) is 5.92 Å². The van der Waals surface area contributed by atoms with E-state index >= 15 is 0 Å². The number of hydrogen-bond donors (Lipinski definition) is 2. The monoisotopic (exact) mass is 360 g/mol. The summed E-state index contributed by atoms with van der Waals surface area (Å²) >= 11 is 0. The first-order valence-electron chi connectivity index (χ1n) is 9.48. The molecule has 0 unspecified atom stereocenters. The van der Waals surface area contributed by atoms with Gasteiger partial charge in [-0.25, -0.2) is 4.79 Å². The SMILES string of the molecule is NC(=O)n1nc(CC(c2ccccc2)c2ccccc2)c2c1NCCCC2. The minimum Gasteiger partial charge on any atom is -0.370 e. The van der Waals surface area contributed by atoms with Crippen LogP contribution in [0.5, 0.6) is 0 Å². The smallest absolute Gasteiger partial charge is 0.341 e. The molecule has 5 nitrogen and oxygen atoms in total. The number of hydrogen-bond acceptors (Lipinski definition) is 3. The maximum Gasteiger partial charge on any atom is 0.341 e. The molecule has 3 N–H and O–H groups in total. The fourth-order valence-corrected chi connectivity index (χ4v) is 3.89. The fourth-order valence-electron chi connectivity index (χ4n) is 3.89. The van der Waals surface area contributed by atoms with Gasteiger partial charge in [0.05, 0.1) is 5.69 Å². The molecule has 1 aromatic heterocycles. The van der Waals surface area contributed by atoms with E-state index in [9.17, 15) is 4.79 Å². The summed E-state index contributed by atoms with van der Waals surface area (Å²) in [7, 11) is 0. The summed E-state index contributed by atoms with van der Waals surface area (Å²) in [6, 6.07) is 20.4. The van der Waals surface area contributed by atoms with Crippen molar-refractivity contribution in [3.05, 3.63) is 83.0 Å². The maximum atomic E-state index is 11.9. The number of nitrogens with two attached hydrogens (primary N) is 1. The number of carbonyl (C=O) groups excluding carboxylic acids is 1. The van der Waals surface area contributed by atoms with Crippen molar-refractivity contribution >= 4 is 11.8 Å². The Morgan fingerprint density at radius 1 is 1.04 bits per heavy atom. The third-order valence-electron chi connectivity index (χ3n) is 5.22. The molecule has 0 saturated carbocycles. The maximum absolute atomic E-state index is 11.9. The van der Waals surface area contributed by atoms with Gasteiger partial charge in [-0.05, 0) is 30.4 Å². The van der Waals surface area contributed by atoms with Gasteiger partial charge in [0.2, 0.25) is 0 Å². The van der Waals surface area contributed by atoms with E-state index in [0.29, 0.717) is 0 Å². The minimum absolute atomic E-state index is 0.177. The van der Waals surface area contributed by atoms with Crippen LogP contribution in [0.25, 0.3) is 0 Å². The van der Waals surface area contributed by atoms with E-state index in [2.05, 4.69) is 58.9 Å². The predicted molar refractivity (Wildman–Crippen MR) is 107 cm³/mol. The van der Waals surface area contributed by atoms with Crippen LogP contribution in [0.1, 0.15) is 41.1 Å². The van der Waals surface area contributed by atoms with Crippen molar-refractivity contribution in [3.8, 4) is 0 Å². The Bertz CT molecular complexity index is 879. The van der Waals surface area contributed by atoms with Gasteiger partial charge in [-0.2, -0.15) is 9.78 Å². The average molecular weight is 360 g/mol. The van der Waals surface area contributed by atoms with Crippen LogP contribution in [0, 0.1) is 0 Å². The lowest BCUT2D eigenvalue weighted by Crippen LogP contribution is -2.23. The van der Waals surface area contributed by atoms with Crippen molar-refractivity contribution in [3.63, 3.8) is 0 Å². The molecule has 1 aliphatic rings. The van der Waals surface area contributed by atoms with Crippen molar-refractivity contribution in [2.24, 2.45) is 5.73 Å². The molecule has 0 spiro atoms. The molecule has 3 aromatic rings. The second kappa shape index (κ2) is 7.66. The Labute approximate surface area is 159 Å². The normalized spacial score (nSPS) is 13.7. The zero-order chi connectivity index (χ0) is 18.6. The number of nitrogens with zero attached hydrogens (tertiary/aromatic N) is 2. The van der Waals surface area contributed by atoms with E-state index in [0.717, 1.165) is 49.3 Å². The van der Waals surface area contributed by atoms with Crippen LogP contribution >= 0.6 is 0 Å². The molecule has 138 valence electrons. The molecule has 0 radical (unpaired) electrons. The lowest BCUT2D eigenvalue weighted by atomic mass is 9.86. The fraction of sp³-hybridized carbons (Fsp3) is 0.273. The highest BCUT2D eigenvalue weighted by molar-refractivity contribution is 5.79. The highest BCUT2D eigenvalue weighted by Gasteiger charge is 2.25. The first-order valence-corrected chi connectivity index (χ1v) is 9.48. The lowest BCUT2D eigenvalue weighted by Gasteiger charge is -2.18. The van der Waals surface area contributed by atoms with Crippen LogP contribution in [-0.4, -0.2) is 22.4 Å². The first kappa shape index (κ1) is 17.3. The van der Waals surface area contributed by atoms with Crippen LogP contribution in [0.3, 0.4) is 0 Å². The van der Waals surface area contributed by atoms with Crippen LogP contribution < -0.4 is 11.1 Å². The standard InChI is InChI=1S/C22H24N4O/c23-22(27)26-21-18(13-7-8-14-24-21)20(25-26)15-19(16-9-3-1-4-10-16)17-11-5-2-6-12-17/h1-6,9-12,19,24H,7-8,13-15H2,(H2,23,27). The molecule has 0 saturated heterocycles. The molecular formula is C22H24N4O. The summed E-state index contributed by atoms with van der Waals surface area (Å²) in [6.07, 6.45) is 3.81. The molecule has 2 heterocycles. The van der Waals surface area contributed by atoms with E-state index in [4.69, 9.17) is 5.73 Å². The molecule has 1 amide bonds. The third kappa shape index (κ3) is 3.58. The Morgan fingerprint density at radius 2 is 1.67 bits per heavy atom. The molecule has 5 heteroatoms. The van der Waals surface area contributed by atoms with E-state index < -0.39 is 6.03 Å². The highest BCUT2D eigenvalue weighted by atomic mass is 16.2. The topological polar surface area (TPSA) is 72.9 Å². The van der Waals surface area contributed by atoms with Gasteiger partial charge in [0.25, 0.3) is 0 Å². The zero-order valence-corrected chi connectivity index (χ0v) is 15.3. The average Bonchev–Trinajstić information content (AvgIpc) is 2.87. The number of anilines is 1. The molecule has 0 atom stereocenters. The van der Waals surface area contributed by atoms with Crippen molar-refractivity contribution in [2.75, 3.05) is 11.9 Å². The summed E-state index contributed by atoms with van der Waals surface area (Å²) < 4.78 is 1.34. The highest BCUT2D eigenvalue weighted by Crippen LogP contribution is 2.32. The minimum atomic E-state index is -0.539. The van der Waals surface area contributed by atoms with Gasteiger partial charge >= 0.3 is 6.03 Å². The number of aromatic nitrogens is 2. The molecular weight excluding hydrogens is 336 g/mol. The van der Waals surface area contributed by atoms with Crippen LogP contribution in [-0.2, 0) is 12.8 Å². The predicted octanol–water partition coefficient (Wildman–Crippen LogP) is 3.93. The number of amides is 1. The molecule has 1 aliphatic heterocycles. The largest absolute Gasteiger partial charge is 0.370 e. The van der Waals surface area contributed by atoms with Crippen LogP contribution in [0.15, 0.2) is 60.7 Å². The molecule has 4 rings (SSSR count). The Morgan fingerprint density at radius 3 is 2.26 bits per heavy atom. The number of fused-ring (bicyclic) bond motifs is 1. The number of rotatable bonds is 4. The quantitative estimate of drug-likeness (QED) is 0.740. The molecule has 0 fully saturated rings. The zero-order valence-electron chi connectivity index (χ0n) is 15.3. The van der Waals surface area contributed by atoms with Gasteiger partial charge in [-0.3, -0.25) is 0 Å². The molecule has 0 bridgehead atoms. The van der Waals surface area contributed by atoms with Crippen molar-refractivity contribution in [1.82, 2.24) is 9.78 Å². The van der Waals surface area contributed by atoms with Gasteiger partial charge in [-0.15, -0.1) is 0 Å². The first-order chi connectivity index (χ1) is 13.2. The van der Waals surface area contributed by atoms with Crippen LogP contribution in [0.4, 0.5) is 10.6 Å². The van der Waals surface area contributed by atoms with Gasteiger partial charge in [0.15, 0.2) is 0 Å². The third-order valence-corrected chi connectivity index (χ3v) is 5.22. The molecule has 0 aliphatic carbocycles. The second-order valence-electron chi connectivity index (χ2n) is 6.99. The van der Waals surface area contributed by atoms with Crippen molar-refractivity contribution in [1.29, 1.82) is 0 Å². The van der Waals surface area contributed by atoms with Gasteiger partial charge in [-0.1, -0.05) is 60.7 Å². The number of primary amides is 1. The summed E-state index contributed by atoms with van der Waals surface area (Å²) in [5.74, 6) is 0.950. The van der Waals surface area contributed by atoms with E-state index in [1.807, 2.05) is 12.1 Å². The van der Waals surface area contributed by atoms with Crippen molar-refractivity contribution in [2.45, 2.75) is 31.6 Å². The van der Waals surface area contributed by atoms with Crippen LogP contribution in [0.2, 0.25) is 0 Å². The van der Waals surface area contributed by atoms with E-state index in [1.54, 1.807) is 0 Å². The number of benzene rings is 2. The number of carbonyl (C=O) groups is 1. The van der Waals surface area contributed by atoms with E-state index in [1.165, 1.54) is 15.8 Å². The van der Waals surface area contributed by atoms with Gasteiger partial charge < -0.3 is 11.1 Å². The van der Waals surface area contributed by atoms with Gasteiger partial charge in [0.1, 0.15) is 5.82 Å².